The van der Waals surface area contributed by atoms with Gasteiger partial charge in [-0.25, -0.2) is 4.68 Å². The fraction of sp³-hybridized carbons (Fsp3) is 0.312. The van der Waals surface area contributed by atoms with Gasteiger partial charge in [0.15, 0.2) is 5.82 Å². The maximum absolute atomic E-state index is 12.4. The molecular weight excluding hydrogens is 352 g/mol. The van der Waals surface area contributed by atoms with Gasteiger partial charge in [0.1, 0.15) is 5.01 Å². The molecule has 3 N–H and O–H groups in total. The summed E-state index contributed by atoms with van der Waals surface area (Å²) in [7, 11) is 3.84. The number of hydrogen-bond donors (Lipinski definition) is 2. The summed E-state index contributed by atoms with van der Waals surface area (Å²) in [5, 5.41) is 16.0. The lowest BCUT2D eigenvalue weighted by Crippen LogP contribution is -2.22. The Balaban J connectivity index is 1.78. The van der Waals surface area contributed by atoms with Crippen molar-refractivity contribution in [3.8, 4) is 11.4 Å². The van der Waals surface area contributed by atoms with Crippen LogP contribution in [0.2, 0.25) is 0 Å². The Hall–Kier alpha value is -3.01. The van der Waals surface area contributed by atoms with E-state index in [0.29, 0.717) is 28.1 Å². The van der Waals surface area contributed by atoms with Gasteiger partial charge in [0.05, 0.1) is 6.54 Å². The zero-order valence-corrected chi connectivity index (χ0v) is 15.6. The number of aryl methyl sites for hydroxylation is 1. The Morgan fingerprint density at radius 2 is 2.15 bits per heavy atom. The highest BCUT2D eigenvalue weighted by Gasteiger charge is 2.14. The van der Waals surface area contributed by atoms with Crippen molar-refractivity contribution < 1.29 is 4.79 Å². The number of rotatable bonds is 6. The van der Waals surface area contributed by atoms with Crippen molar-refractivity contribution in [3.63, 3.8) is 0 Å². The van der Waals surface area contributed by atoms with E-state index in [1.165, 1.54) is 11.3 Å². The third-order valence-corrected chi connectivity index (χ3v) is 4.37. The van der Waals surface area contributed by atoms with Crippen molar-refractivity contribution in [2.45, 2.75) is 20.0 Å². The molecule has 0 bridgehead atoms. The van der Waals surface area contributed by atoms with E-state index in [9.17, 15) is 4.79 Å². The molecule has 0 aliphatic rings. The molecule has 0 radical (unpaired) electrons. The van der Waals surface area contributed by atoms with Crippen molar-refractivity contribution in [3.05, 3.63) is 34.8 Å². The lowest BCUT2D eigenvalue weighted by molar-refractivity contribution is 0.0951. The first-order valence-electron chi connectivity index (χ1n) is 8.06. The van der Waals surface area contributed by atoms with Gasteiger partial charge in [0.25, 0.3) is 5.91 Å². The average molecular weight is 372 g/mol. The predicted octanol–water partition coefficient (Wildman–Crippen LogP) is 1.39. The van der Waals surface area contributed by atoms with Crippen LogP contribution in [-0.4, -0.2) is 45.0 Å². The molecule has 3 rings (SSSR count). The van der Waals surface area contributed by atoms with E-state index in [2.05, 4.69) is 25.6 Å². The minimum absolute atomic E-state index is 0.205. The van der Waals surface area contributed by atoms with Crippen LogP contribution >= 0.6 is 11.3 Å². The Morgan fingerprint density at radius 1 is 1.35 bits per heavy atom. The van der Waals surface area contributed by atoms with Gasteiger partial charge in [-0.15, -0.1) is 15.3 Å². The second kappa shape index (κ2) is 7.48. The van der Waals surface area contributed by atoms with E-state index in [0.717, 1.165) is 11.5 Å². The molecule has 0 atom stereocenters. The second-order valence-corrected chi connectivity index (χ2v) is 6.84. The quantitative estimate of drug-likeness (QED) is 0.672. The summed E-state index contributed by atoms with van der Waals surface area (Å²) < 4.78 is 1.82. The molecule has 0 fully saturated rings. The van der Waals surface area contributed by atoms with Crippen molar-refractivity contribution in [1.29, 1.82) is 0 Å². The molecule has 10 heteroatoms. The monoisotopic (exact) mass is 372 g/mol. The highest BCUT2D eigenvalue weighted by atomic mass is 32.1. The minimum Gasteiger partial charge on any atom is -0.374 e. The highest BCUT2D eigenvalue weighted by Crippen LogP contribution is 2.20. The summed E-state index contributed by atoms with van der Waals surface area (Å²) in [4.78, 5) is 18.9. The van der Waals surface area contributed by atoms with Gasteiger partial charge in [-0.05, 0) is 19.1 Å². The lowest BCUT2D eigenvalue weighted by Gasteiger charge is -2.10. The van der Waals surface area contributed by atoms with E-state index in [1.807, 2.05) is 42.7 Å². The fourth-order valence-electron chi connectivity index (χ4n) is 2.39. The minimum atomic E-state index is -0.205. The summed E-state index contributed by atoms with van der Waals surface area (Å²) in [5.74, 6) is 1.15. The SMILES string of the molecule is CCn1nc(-c2cccc(C(=O)NCc3nnc(N)s3)c2)nc1N(C)C. The van der Waals surface area contributed by atoms with E-state index >= 15 is 0 Å². The lowest BCUT2D eigenvalue weighted by atomic mass is 10.1. The van der Waals surface area contributed by atoms with Crippen molar-refractivity contribution in [2.24, 2.45) is 0 Å². The van der Waals surface area contributed by atoms with E-state index in [1.54, 1.807) is 12.1 Å². The first kappa shape index (κ1) is 17.8. The molecule has 26 heavy (non-hydrogen) atoms. The smallest absolute Gasteiger partial charge is 0.251 e. The summed E-state index contributed by atoms with van der Waals surface area (Å²) in [6.45, 7) is 3.01. The number of anilines is 2. The molecular formula is C16H20N8OS. The Morgan fingerprint density at radius 3 is 2.77 bits per heavy atom. The Labute approximate surface area is 154 Å². The van der Waals surface area contributed by atoms with Crippen LogP contribution in [-0.2, 0) is 13.1 Å². The number of carbonyl (C=O) groups excluding carboxylic acids is 1. The molecule has 0 saturated carbocycles. The highest BCUT2D eigenvalue weighted by molar-refractivity contribution is 7.15. The number of nitrogen functional groups attached to an aromatic ring is 1. The number of hydrogen-bond acceptors (Lipinski definition) is 8. The number of amides is 1. The number of carbonyl (C=O) groups is 1. The van der Waals surface area contributed by atoms with Crippen LogP contribution in [0.15, 0.2) is 24.3 Å². The third-order valence-electron chi connectivity index (χ3n) is 3.62. The van der Waals surface area contributed by atoms with Crippen LogP contribution in [0.1, 0.15) is 22.3 Å². The number of nitrogens with two attached hydrogens (primary N) is 1. The van der Waals surface area contributed by atoms with Crippen LogP contribution in [0.5, 0.6) is 0 Å². The number of benzene rings is 1. The van der Waals surface area contributed by atoms with Crippen LogP contribution in [0, 0.1) is 0 Å². The van der Waals surface area contributed by atoms with Crippen molar-refractivity contribution >= 4 is 28.3 Å². The normalized spacial score (nSPS) is 10.7. The predicted molar refractivity (Wildman–Crippen MR) is 101 cm³/mol. The Kier molecular flexibility index (Phi) is 5.12. The molecule has 1 aromatic carbocycles. The zero-order valence-electron chi connectivity index (χ0n) is 14.8. The standard InChI is InChI=1S/C16H20N8OS/c1-4-24-16(23(2)3)19-13(22-24)10-6-5-7-11(8-10)14(25)18-9-12-20-21-15(17)26-12/h5-8H,4,9H2,1-3H3,(H2,17,21)(H,18,25). The Bertz CT molecular complexity index is 917. The molecule has 0 saturated heterocycles. The summed E-state index contributed by atoms with van der Waals surface area (Å²) in [6, 6.07) is 7.22. The van der Waals surface area contributed by atoms with Gasteiger partial charge in [0.2, 0.25) is 11.1 Å². The largest absolute Gasteiger partial charge is 0.374 e. The maximum atomic E-state index is 12.4. The van der Waals surface area contributed by atoms with Crippen LogP contribution in [0.4, 0.5) is 11.1 Å². The molecule has 0 unspecified atom stereocenters. The zero-order chi connectivity index (χ0) is 18.7. The van der Waals surface area contributed by atoms with Gasteiger partial charge in [-0.2, -0.15) is 4.98 Å². The molecule has 2 aromatic heterocycles. The van der Waals surface area contributed by atoms with Crippen LogP contribution in [0.25, 0.3) is 11.4 Å². The van der Waals surface area contributed by atoms with Gasteiger partial charge >= 0.3 is 0 Å². The number of nitrogens with one attached hydrogen (secondary N) is 1. The first-order chi connectivity index (χ1) is 12.5. The second-order valence-electron chi connectivity index (χ2n) is 5.74. The molecule has 136 valence electrons. The van der Waals surface area contributed by atoms with Crippen LogP contribution in [0.3, 0.4) is 0 Å². The molecule has 1 amide bonds. The number of aromatic nitrogens is 5. The van der Waals surface area contributed by atoms with E-state index < -0.39 is 0 Å². The molecule has 0 aliphatic carbocycles. The van der Waals surface area contributed by atoms with Gasteiger partial charge < -0.3 is 16.0 Å². The summed E-state index contributed by atoms with van der Waals surface area (Å²) in [5.41, 5.74) is 6.85. The first-order valence-corrected chi connectivity index (χ1v) is 8.88. The molecule has 0 aliphatic heterocycles. The fourth-order valence-corrected chi connectivity index (χ4v) is 2.94. The molecule has 0 spiro atoms. The van der Waals surface area contributed by atoms with Gasteiger partial charge in [0, 0.05) is 31.8 Å². The molecule has 9 nitrogen and oxygen atoms in total. The van der Waals surface area contributed by atoms with Crippen molar-refractivity contribution in [1.82, 2.24) is 30.3 Å². The molecule has 3 aromatic rings. The van der Waals surface area contributed by atoms with E-state index in [4.69, 9.17) is 5.73 Å². The molecule has 2 heterocycles. The maximum Gasteiger partial charge on any atom is 0.251 e. The van der Waals surface area contributed by atoms with Gasteiger partial charge in [-0.1, -0.05) is 23.5 Å². The van der Waals surface area contributed by atoms with Crippen LogP contribution < -0.4 is 16.0 Å². The number of nitrogens with zero attached hydrogens (tertiary/aromatic N) is 6. The van der Waals surface area contributed by atoms with E-state index in [-0.39, 0.29) is 12.5 Å². The topological polar surface area (TPSA) is 115 Å². The van der Waals surface area contributed by atoms with Crippen molar-refractivity contribution in [2.75, 3.05) is 24.7 Å². The third kappa shape index (κ3) is 3.80. The summed E-state index contributed by atoms with van der Waals surface area (Å²) in [6.07, 6.45) is 0. The average Bonchev–Trinajstić information content (AvgIpc) is 3.26. The summed E-state index contributed by atoms with van der Waals surface area (Å²) >= 11 is 1.25. The van der Waals surface area contributed by atoms with Gasteiger partial charge in [-0.3, -0.25) is 4.79 Å².